The normalized spacial score (nSPS) is 21.9. The predicted molar refractivity (Wildman–Crippen MR) is 159 cm³/mol. The van der Waals surface area contributed by atoms with Crippen LogP contribution in [0.25, 0.3) is 10.8 Å². The van der Waals surface area contributed by atoms with Gasteiger partial charge in [0, 0.05) is 18.0 Å². The number of aliphatic hydroxyl groups excluding tert-OH is 1. The minimum Gasteiger partial charge on any atom is -0.459 e. The summed E-state index contributed by atoms with van der Waals surface area (Å²) in [5.74, 6) is -2.39. The first-order valence-electron chi connectivity index (χ1n) is 13.9. The van der Waals surface area contributed by atoms with Gasteiger partial charge in [0.1, 0.15) is 36.0 Å². The van der Waals surface area contributed by atoms with Crippen LogP contribution < -0.4 is 14.9 Å². The molecule has 5 rings (SSSR count). The van der Waals surface area contributed by atoms with E-state index < -0.39 is 56.0 Å². The molecule has 0 saturated carbocycles. The highest BCUT2D eigenvalue weighted by molar-refractivity contribution is 7.52. The van der Waals surface area contributed by atoms with Gasteiger partial charge in [-0.25, -0.2) is 4.57 Å². The standard InChI is InChI=1S/C31H33FN3O8P/c1-20-33-29(37)24(32)17-35(20)28-16-25(36)27(42-28)19-41-44(39,43-26-15-9-13-22-12-7-8-14-23(22)26)34-31(2,3)30(38)40-18-21-10-5-4-6-11-21/h4-15,17,25,27-28,36H,1,16,18-19H2,2-3H3,(H,33,37)(H,34,39)/t25-,27-,28-,44?/m1/s1. The number of ether oxygens (including phenoxy) is 2. The molecule has 2 aliphatic heterocycles. The van der Waals surface area contributed by atoms with Crippen LogP contribution in [0.3, 0.4) is 0 Å². The highest BCUT2D eigenvalue weighted by atomic mass is 31.2. The zero-order chi connectivity index (χ0) is 31.5. The number of nitrogens with zero attached hydrogens (tertiary/aromatic N) is 1. The molecule has 3 N–H and O–H groups in total. The van der Waals surface area contributed by atoms with E-state index in [0.29, 0.717) is 5.39 Å². The molecule has 44 heavy (non-hydrogen) atoms. The molecule has 0 aromatic heterocycles. The van der Waals surface area contributed by atoms with E-state index in [1.165, 1.54) is 18.7 Å². The third kappa shape index (κ3) is 7.18. The Labute approximate surface area is 253 Å². The number of hydrogen-bond donors (Lipinski definition) is 3. The van der Waals surface area contributed by atoms with E-state index in [1.807, 2.05) is 48.5 Å². The average Bonchev–Trinajstić information content (AvgIpc) is 3.37. The molecule has 1 saturated heterocycles. The smallest absolute Gasteiger partial charge is 0.459 e. The molecule has 13 heteroatoms. The van der Waals surface area contributed by atoms with Crippen LogP contribution in [0.1, 0.15) is 25.8 Å². The Balaban J connectivity index is 1.34. The lowest BCUT2D eigenvalue weighted by Crippen LogP contribution is -2.47. The van der Waals surface area contributed by atoms with Crippen molar-refractivity contribution in [3.05, 3.63) is 103 Å². The molecule has 3 aromatic carbocycles. The number of nitrogens with one attached hydrogen (secondary N) is 2. The summed E-state index contributed by atoms with van der Waals surface area (Å²) >= 11 is 0. The number of fused-ring (bicyclic) bond motifs is 1. The van der Waals surface area contributed by atoms with E-state index in [4.69, 9.17) is 18.5 Å². The fraction of sp³-hybridized carbons (Fsp3) is 0.290. The van der Waals surface area contributed by atoms with Crippen molar-refractivity contribution in [2.24, 2.45) is 0 Å². The second kappa shape index (κ2) is 12.9. The van der Waals surface area contributed by atoms with Crippen LogP contribution in [0, 0.1) is 0 Å². The number of aliphatic hydroxyl groups is 1. The number of carbonyl (C=O) groups is 2. The van der Waals surface area contributed by atoms with Gasteiger partial charge in [-0.1, -0.05) is 73.3 Å². The van der Waals surface area contributed by atoms with E-state index >= 15 is 0 Å². The lowest BCUT2D eigenvalue weighted by molar-refractivity contribution is -0.151. The van der Waals surface area contributed by atoms with E-state index in [1.54, 1.807) is 24.3 Å². The lowest BCUT2D eigenvalue weighted by Gasteiger charge is -2.32. The Morgan fingerprint density at radius 1 is 1.16 bits per heavy atom. The van der Waals surface area contributed by atoms with Crippen molar-refractivity contribution in [1.82, 2.24) is 15.3 Å². The zero-order valence-electron chi connectivity index (χ0n) is 24.1. The van der Waals surface area contributed by atoms with Gasteiger partial charge in [-0.15, -0.1) is 0 Å². The third-order valence-electron chi connectivity index (χ3n) is 7.07. The van der Waals surface area contributed by atoms with Gasteiger partial charge in [-0.05, 0) is 30.9 Å². The Morgan fingerprint density at radius 3 is 2.64 bits per heavy atom. The molecule has 0 aliphatic carbocycles. The number of carbonyl (C=O) groups excluding carboxylic acids is 2. The number of benzene rings is 3. The topological polar surface area (TPSA) is 136 Å². The zero-order valence-corrected chi connectivity index (χ0v) is 25.0. The molecule has 2 aliphatic rings. The Bertz CT molecular complexity index is 1630. The average molecular weight is 626 g/mol. The van der Waals surface area contributed by atoms with Crippen molar-refractivity contribution in [2.75, 3.05) is 6.61 Å². The van der Waals surface area contributed by atoms with Crippen molar-refractivity contribution in [3.63, 3.8) is 0 Å². The molecule has 4 atom stereocenters. The van der Waals surface area contributed by atoms with Gasteiger partial charge in [0.15, 0.2) is 0 Å². The van der Waals surface area contributed by atoms with Crippen LogP contribution in [0.2, 0.25) is 0 Å². The van der Waals surface area contributed by atoms with Crippen LogP contribution in [0.4, 0.5) is 4.39 Å². The summed E-state index contributed by atoms with van der Waals surface area (Å²) in [6.45, 7) is 6.23. The maximum Gasteiger partial charge on any atom is 0.459 e. The summed E-state index contributed by atoms with van der Waals surface area (Å²) in [5, 5.41) is 17.2. The van der Waals surface area contributed by atoms with Crippen LogP contribution in [0.15, 0.2) is 97.2 Å². The van der Waals surface area contributed by atoms with Gasteiger partial charge in [-0.3, -0.25) is 14.1 Å². The first kappa shape index (κ1) is 31.4. The fourth-order valence-corrected chi connectivity index (χ4v) is 6.46. The number of amides is 1. The molecule has 1 amide bonds. The van der Waals surface area contributed by atoms with Crippen LogP contribution in [0.5, 0.6) is 5.75 Å². The molecule has 1 unspecified atom stereocenters. The molecular weight excluding hydrogens is 592 g/mol. The van der Waals surface area contributed by atoms with Gasteiger partial charge in [0.2, 0.25) is 5.83 Å². The first-order chi connectivity index (χ1) is 20.9. The molecule has 232 valence electrons. The molecule has 0 spiro atoms. The van der Waals surface area contributed by atoms with E-state index in [0.717, 1.165) is 17.1 Å². The second-order valence-corrected chi connectivity index (χ2v) is 12.5. The molecule has 3 aromatic rings. The third-order valence-corrected chi connectivity index (χ3v) is 8.83. The molecular formula is C31H33FN3O8P. The molecule has 1 fully saturated rings. The van der Waals surface area contributed by atoms with E-state index in [-0.39, 0.29) is 24.6 Å². The molecule has 0 radical (unpaired) electrons. The molecule has 11 nitrogen and oxygen atoms in total. The molecule has 2 heterocycles. The number of hydrogen-bond acceptors (Lipinski definition) is 9. The van der Waals surface area contributed by atoms with E-state index in [9.17, 15) is 23.7 Å². The summed E-state index contributed by atoms with van der Waals surface area (Å²) in [5.41, 5.74) is -0.769. The summed E-state index contributed by atoms with van der Waals surface area (Å²) in [7, 11) is -4.38. The second-order valence-electron chi connectivity index (χ2n) is 10.9. The fourth-order valence-electron chi connectivity index (χ4n) is 4.76. The Hall–Kier alpha value is -4.06. The molecule has 0 bridgehead atoms. The Morgan fingerprint density at radius 2 is 1.86 bits per heavy atom. The largest absolute Gasteiger partial charge is 0.459 e. The van der Waals surface area contributed by atoms with Gasteiger partial charge in [0.05, 0.1) is 12.7 Å². The highest BCUT2D eigenvalue weighted by Gasteiger charge is 2.44. The number of esters is 1. The van der Waals surface area contributed by atoms with Gasteiger partial charge >= 0.3 is 13.7 Å². The minimum absolute atomic E-state index is 0.000896. The van der Waals surface area contributed by atoms with Crippen molar-refractivity contribution in [1.29, 1.82) is 0 Å². The monoisotopic (exact) mass is 625 g/mol. The van der Waals surface area contributed by atoms with E-state index in [2.05, 4.69) is 17.0 Å². The lowest BCUT2D eigenvalue weighted by atomic mass is 10.1. The number of halogens is 1. The van der Waals surface area contributed by atoms with Gasteiger partial charge in [-0.2, -0.15) is 9.48 Å². The van der Waals surface area contributed by atoms with Crippen molar-refractivity contribution >= 4 is 30.4 Å². The maximum absolute atomic E-state index is 14.4. The SMILES string of the molecule is C=C1NC(=O)C(F)=CN1[C@H]1C[C@@H](O)[C@@H](COP(=O)(NC(C)(C)C(=O)OCc2ccccc2)Oc2cccc3ccccc23)O1. The maximum atomic E-state index is 14.4. The van der Waals surface area contributed by atoms with Crippen LogP contribution in [-0.2, 0) is 34.8 Å². The summed E-state index contributed by atoms with van der Waals surface area (Å²) < 4.78 is 51.5. The quantitative estimate of drug-likeness (QED) is 0.204. The summed E-state index contributed by atoms with van der Waals surface area (Å²) in [4.78, 5) is 26.0. The predicted octanol–water partition coefficient (Wildman–Crippen LogP) is 4.64. The summed E-state index contributed by atoms with van der Waals surface area (Å²) in [6.07, 6.45) is -2.10. The minimum atomic E-state index is -4.38. The van der Waals surface area contributed by atoms with Crippen LogP contribution >= 0.6 is 7.75 Å². The number of rotatable bonds is 11. The van der Waals surface area contributed by atoms with Crippen LogP contribution in [-0.4, -0.2) is 52.5 Å². The summed E-state index contributed by atoms with van der Waals surface area (Å²) in [6, 6.07) is 21.6. The Kier molecular flexibility index (Phi) is 9.19. The highest BCUT2D eigenvalue weighted by Crippen LogP contribution is 2.48. The van der Waals surface area contributed by atoms with Gasteiger partial charge in [0.25, 0.3) is 5.91 Å². The van der Waals surface area contributed by atoms with Gasteiger partial charge < -0.3 is 29.3 Å². The van der Waals surface area contributed by atoms with Crippen molar-refractivity contribution < 1.29 is 42.2 Å². The van der Waals surface area contributed by atoms with Crippen molar-refractivity contribution in [3.8, 4) is 5.75 Å². The van der Waals surface area contributed by atoms with Crippen molar-refractivity contribution in [2.45, 2.75) is 50.8 Å². The first-order valence-corrected chi connectivity index (χ1v) is 15.4.